The van der Waals surface area contributed by atoms with Crippen molar-refractivity contribution in [1.29, 1.82) is 0 Å². The highest BCUT2D eigenvalue weighted by atomic mass is 35.5. The molecular weight excluding hydrogens is 465 g/mol. The molecule has 0 fully saturated rings. The van der Waals surface area contributed by atoms with Crippen molar-refractivity contribution in [3.8, 4) is 11.5 Å². The number of carbonyl (C=O) groups excluding carboxylic acids is 2. The monoisotopic (exact) mass is 487 g/mol. The number of nitrogens with one attached hydrogen (secondary N) is 3. The van der Waals surface area contributed by atoms with E-state index in [-0.39, 0.29) is 5.91 Å². The van der Waals surface area contributed by atoms with Gasteiger partial charge in [0.1, 0.15) is 11.5 Å². The molecule has 3 amide bonds. The summed E-state index contributed by atoms with van der Waals surface area (Å²) in [5.74, 6) is 0.383. The van der Waals surface area contributed by atoms with E-state index in [2.05, 4.69) is 16.0 Å². The Morgan fingerprint density at radius 1 is 0.758 bits per heavy atom. The molecule has 0 bridgehead atoms. The second-order valence-electron chi connectivity index (χ2n) is 6.76. The summed E-state index contributed by atoms with van der Waals surface area (Å²) in [7, 11) is 0. The Kier molecular flexibility index (Phi) is 8.40. The fourth-order valence-electron chi connectivity index (χ4n) is 2.95. The highest BCUT2D eigenvalue weighted by Gasteiger charge is 2.17. The third-order valence-electron chi connectivity index (χ3n) is 4.37. The number of amides is 3. The zero-order chi connectivity index (χ0) is 23.8. The summed E-state index contributed by atoms with van der Waals surface area (Å²) in [5, 5.41) is 9.32. The fourth-order valence-corrected chi connectivity index (χ4v) is 3.26. The van der Waals surface area contributed by atoms with Crippen molar-refractivity contribution >= 4 is 52.2 Å². The van der Waals surface area contributed by atoms with Crippen molar-refractivity contribution in [3.63, 3.8) is 0 Å². The molecule has 9 heteroatoms. The van der Waals surface area contributed by atoms with Crippen molar-refractivity contribution in [3.05, 3.63) is 76.3 Å². The van der Waals surface area contributed by atoms with Crippen LogP contribution in [0.25, 0.3) is 0 Å². The predicted octanol–water partition coefficient (Wildman–Crippen LogP) is 6.69. The summed E-state index contributed by atoms with van der Waals surface area (Å²) < 4.78 is 11.4. The third kappa shape index (κ3) is 6.78. The summed E-state index contributed by atoms with van der Waals surface area (Å²) in [5.41, 5.74) is 1.75. The van der Waals surface area contributed by atoms with E-state index >= 15 is 0 Å². The molecule has 0 atom stereocenters. The van der Waals surface area contributed by atoms with Crippen molar-refractivity contribution in [2.45, 2.75) is 13.8 Å². The molecule has 0 radical (unpaired) electrons. The van der Waals surface area contributed by atoms with E-state index in [9.17, 15) is 9.59 Å². The van der Waals surface area contributed by atoms with Gasteiger partial charge in [-0.15, -0.1) is 0 Å². The molecule has 0 heterocycles. The van der Waals surface area contributed by atoms with Crippen LogP contribution in [0.3, 0.4) is 0 Å². The van der Waals surface area contributed by atoms with Gasteiger partial charge in [0.25, 0.3) is 5.91 Å². The predicted molar refractivity (Wildman–Crippen MR) is 132 cm³/mol. The second kappa shape index (κ2) is 11.4. The van der Waals surface area contributed by atoms with Gasteiger partial charge in [-0.25, -0.2) is 4.79 Å². The van der Waals surface area contributed by atoms with E-state index in [1.54, 1.807) is 60.7 Å². The highest BCUT2D eigenvalue weighted by Crippen LogP contribution is 2.37. The Morgan fingerprint density at radius 2 is 1.36 bits per heavy atom. The Hall–Kier alpha value is -3.42. The van der Waals surface area contributed by atoms with Gasteiger partial charge in [0.15, 0.2) is 0 Å². The number of hydrogen-bond donors (Lipinski definition) is 3. The van der Waals surface area contributed by atoms with Crippen LogP contribution >= 0.6 is 23.2 Å². The van der Waals surface area contributed by atoms with Gasteiger partial charge in [-0.3, -0.25) is 4.79 Å². The zero-order valence-corrected chi connectivity index (χ0v) is 19.6. The summed E-state index contributed by atoms with van der Waals surface area (Å²) in [6.07, 6.45) is 0. The average Bonchev–Trinajstić information content (AvgIpc) is 2.78. The van der Waals surface area contributed by atoms with Crippen LogP contribution in [0.1, 0.15) is 24.2 Å². The lowest BCUT2D eigenvalue weighted by molar-refractivity contribution is 0.102. The van der Waals surface area contributed by atoms with Crippen LogP contribution in [0.15, 0.2) is 60.7 Å². The van der Waals surface area contributed by atoms with Gasteiger partial charge < -0.3 is 25.4 Å². The second-order valence-corrected chi connectivity index (χ2v) is 7.63. The standard InChI is InChI=1S/C24H23Cl2N3O4/c1-3-32-21-14-20(29-24(31)27-18-10-8-16(25)9-11-18)22(33-4-2)13-19(21)28-23(30)15-6-5-7-17(26)12-15/h5-14H,3-4H2,1-2H3,(H,28,30)(H2,27,29,31). The molecule has 33 heavy (non-hydrogen) atoms. The third-order valence-corrected chi connectivity index (χ3v) is 4.85. The van der Waals surface area contributed by atoms with E-state index < -0.39 is 6.03 Å². The summed E-state index contributed by atoms with van der Waals surface area (Å²) in [4.78, 5) is 25.3. The van der Waals surface area contributed by atoms with Crippen LogP contribution < -0.4 is 25.4 Å². The summed E-state index contributed by atoms with van der Waals surface area (Å²) in [6.45, 7) is 4.34. The molecule has 3 rings (SSSR count). The largest absolute Gasteiger partial charge is 0.492 e. The van der Waals surface area contributed by atoms with Gasteiger partial charge in [0, 0.05) is 33.4 Å². The molecule has 0 unspecified atom stereocenters. The van der Waals surface area contributed by atoms with Crippen molar-refractivity contribution < 1.29 is 19.1 Å². The first-order chi connectivity index (χ1) is 15.9. The molecule has 0 aliphatic rings. The first kappa shape index (κ1) is 24.2. The number of anilines is 3. The maximum atomic E-state index is 12.7. The molecule has 0 aliphatic carbocycles. The van der Waals surface area contributed by atoms with E-state index in [0.29, 0.717) is 57.4 Å². The van der Waals surface area contributed by atoms with Gasteiger partial charge in [-0.2, -0.15) is 0 Å². The van der Waals surface area contributed by atoms with E-state index in [0.717, 1.165) is 0 Å². The Bertz CT molecular complexity index is 1140. The van der Waals surface area contributed by atoms with Gasteiger partial charge in [0.05, 0.1) is 24.6 Å². The van der Waals surface area contributed by atoms with Crippen LogP contribution in [0, 0.1) is 0 Å². The van der Waals surface area contributed by atoms with E-state index in [4.69, 9.17) is 32.7 Å². The zero-order valence-electron chi connectivity index (χ0n) is 18.1. The van der Waals surface area contributed by atoms with Crippen LogP contribution in [-0.4, -0.2) is 25.2 Å². The van der Waals surface area contributed by atoms with Crippen LogP contribution in [0.5, 0.6) is 11.5 Å². The average molecular weight is 488 g/mol. The smallest absolute Gasteiger partial charge is 0.323 e. The van der Waals surface area contributed by atoms with Gasteiger partial charge in [-0.1, -0.05) is 29.3 Å². The fraction of sp³-hybridized carbons (Fsp3) is 0.167. The lowest BCUT2D eigenvalue weighted by atomic mass is 10.2. The number of benzene rings is 3. The lowest BCUT2D eigenvalue weighted by Crippen LogP contribution is -2.20. The van der Waals surface area contributed by atoms with E-state index in [1.165, 1.54) is 0 Å². The highest BCUT2D eigenvalue weighted by molar-refractivity contribution is 6.31. The molecule has 3 N–H and O–H groups in total. The lowest BCUT2D eigenvalue weighted by Gasteiger charge is -2.18. The number of ether oxygens (including phenoxy) is 2. The Balaban J connectivity index is 1.86. The van der Waals surface area contributed by atoms with E-state index in [1.807, 2.05) is 13.8 Å². The quantitative estimate of drug-likeness (QED) is 0.330. The molecule has 3 aromatic carbocycles. The molecular formula is C24H23Cl2N3O4. The maximum Gasteiger partial charge on any atom is 0.323 e. The first-order valence-corrected chi connectivity index (χ1v) is 11.0. The van der Waals surface area contributed by atoms with Crippen molar-refractivity contribution in [1.82, 2.24) is 0 Å². The molecule has 3 aromatic rings. The number of carbonyl (C=O) groups is 2. The Morgan fingerprint density at radius 3 is 1.94 bits per heavy atom. The van der Waals surface area contributed by atoms with Gasteiger partial charge in [0.2, 0.25) is 0 Å². The van der Waals surface area contributed by atoms with Crippen LogP contribution in [0.2, 0.25) is 10.0 Å². The van der Waals surface area contributed by atoms with Crippen LogP contribution in [-0.2, 0) is 0 Å². The number of halogens is 2. The minimum Gasteiger partial charge on any atom is -0.492 e. The minimum atomic E-state index is -0.476. The first-order valence-electron chi connectivity index (χ1n) is 10.2. The SMILES string of the molecule is CCOc1cc(NC(=O)c2cccc(Cl)c2)c(OCC)cc1NC(=O)Nc1ccc(Cl)cc1. The molecule has 0 aromatic heterocycles. The van der Waals surface area contributed by atoms with Crippen molar-refractivity contribution in [2.75, 3.05) is 29.2 Å². The Labute approximate surface area is 202 Å². The maximum absolute atomic E-state index is 12.7. The summed E-state index contributed by atoms with van der Waals surface area (Å²) >= 11 is 11.9. The summed E-state index contributed by atoms with van der Waals surface area (Å²) in [6, 6.07) is 16.1. The number of urea groups is 1. The molecule has 0 saturated carbocycles. The molecule has 7 nitrogen and oxygen atoms in total. The minimum absolute atomic E-state index is 0.350. The van der Waals surface area contributed by atoms with Gasteiger partial charge >= 0.3 is 6.03 Å². The molecule has 0 spiro atoms. The number of rotatable bonds is 8. The normalized spacial score (nSPS) is 10.3. The van der Waals surface area contributed by atoms with Crippen molar-refractivity contribution in [2.24, 2.45) is 0 Å². The molecule has 0 saturated heterocycles. The topological polar surface area (TPSA) is 88.7 Å². The molecule has 172 valence electrons. The number of hydrogen-bond acceptors (Lipinski definition) is 4. The van der Waals surface area contributed by atoms with Crippen LogP contribution in [0.4, 0.5) is 21.9 Å². The van der Waals surface area contributed by atoms with Gasteiger partial charge in [-0.05, 0) is 56.3 Å². The molecule has 0 aliphatic heterocycles.